The predicted octanol–water partition coefficient (Wildman–Crippen LogP) is -0.787. The van der Waals surface area contributed by atoms with Gasteiger partial charge in [-0.3, -0.25) is 4.79 Å². The molecule has 1 aromatic carbocycles. The van der Waals surface area contributed by atoms with E-state index in [-0.39, 0.29) is 12.1 Å². The third kappa shape index (κ3) is 2.07. The van der Waals surface area contributed by atoms with Gasteiger partial charge in [-0.2, -0.15) is 0 Å². The summed E-state index contributed by atoms with van der Waals surface area (Å²) in [7, 11) is -2.13. The summed E-state index contributed by atoms with van der Waals surface area (Å²) in [5, 5.41) is 19.4. The highest BCUT2D eigenvalue weighted by molar-refractivity contribution is 6.58. The quantitative estimate of drug-likeness (QED) is 0.443. The molecule has 3 N–H and O–H groups in total. The topological polar surface area (TPSA) is 69.6 Å². The van der Waals surface area contributed by atoms with Crippen LogP contribution in [0.2, 0.25) is 0 Å². The molecule has 7 heteroatoms. The van der Waals surface area contributed by atoms with Crippen LogP contribution in [0.5, 0.6) is 0 Å². The standard InChI is InChI=1S/C7H6BF2NO3/c9-6-2-4(11-3-12)1-5(7(6)10)8(13)14/h1-3,13-14H,(H,11,12). The van der Waals surface area contributed by atoms with Crippen molar-refractivity contribution in [1.29, 1.82) is 0 Å². The Morgan fingerprint density at radius 2 is 2.00 bits per heavy atom. The summed E-state index contributed by atoms with van der Waals surface area (Å²) < 4.78 is 25.6. The maximum atomic E-state index is 12.9. The smallest absolute Gasteiger partial charge is 0.423 e. The molecule has 0 unspecified atom stereocenters. The van der Waals surface area contributed by atoms with Crippen molar-refractivity contribution in [2.75, 3.05) is 5.32 Å². The summed E-state index contributed by atoms with van der Waals surface area (Å²) >= 11 is 0. The Labute approximate surface area is 78.3 Å². The van der Waals surface area contributed by atoms with E-state index in [4.69, 9.17) is 10.0 Å². The van der Waals surface area contributed by atoms with E-state index in [0.717, 1.165) is 12.1 Å². The molecule has 0 saturated heterocycles. The molecule has 0 aliphatic rings. The van der Waals surface area contributed by atoms with Crippen LogP contribution < -0.4 is 10.8 Å². The molecule has 0 aromatic heterocycles. The van der Waals surface area contributed by atoms with Crippen molar-refractivity contribution in [2.24, 2.45) is 0 Å². The molecule has 0 heterocycles. The third-order valence-corrected chi connectivity index (χ3v) is 1.56. The molecule has 4 nitrogen and oxygen atoms in total. The van der Waals surface area contributed by atoms with Crippen LogP contribution in [0.4, 0.5) is 14.5 Å². The Kier molecular flexibility index (Phi) is 3.16. The first-order chi connectivity index (χ1) is 6.56. The molecule has 0 fully saturated rings. The van der Waals surface area contributed by atoms with E-state index in [1.165, 1.54) is 0 Å². The van der Waals surface area contributed by atoms with Crippen LogP contribution in [-0.2, 0) is 4.79 Å². The number of hydrogen-bond acceptors (Lipinski definition) is 3. The summed E-state index contributed by atoms with van der Waals surface area (Å²) in [6, 6.07) is 1.66. The fourth-order valence-corrected chi connectivity index (χ4v) is 0.950. The molecule has 0 atom stereocenters. The first-order valence-corrected chi connectivity index (χ1v) is 3.61. The first-order valence-electron chi connectivity index (χ1n) is 3.61. The number of halogens is 2. The van der Waals surface area contributed by atoms with Gasteiger partial charge in [-0.15, -0.1) is 0 Å². The average Bonchev–Trinajstić information content (AvgIpc) is 2.11. The Bertz CT molecular complexity index is 359. The van der Waals surface area contributed by atoms with Crippen LogP contribution in [0, 0.1) is 11.6 Å². The van der Waals surface area contributed by atoms with Crippen LogP contribution >= 0.6 is 0 Å². The fraction of sp³-hybridized carbons (Fsp3) is 0. The van der Waals surface area contributed by atoms with Crippen molar-refractivity contribution in [3.8, 4) is 0 Å². The zero-order chi connectivity index (χ0) is 10.7. The van der Waals surface area contributed by atoms with Crippen molar-refractivity contribution >= 4 is 24.7 Å². The van der Waals surface area contributed by atoms with Crippen LogP contribution in [0.3, 0.4) is 0 Å². The van der Waals surface area contributed by atoms with E-state index >= 15 is 0 Å². The van der Waals surface area contributed by atoms with E-state index < -0.39 is 24.2 Å². The number of anilines is 1. The van der Waals surface area contributed by atoms with Crippen molar-refractivity contribution < 1.29 is 23.6 Å². The number of amides is 1. The molecule has 1 aromatic rings. The first kappa shape index (κ1) is 10.6. The van der Waals surface area contributed by atoms with Gasteiger partial charge in [0.25, 0.3) is 0 Å². The highest BCUT2D eigenvalue weighted by atomic mass is 19.2. The lowest BCUT2D eigenvalue weighted by molar-refractivity contribution is -0.105. The molecule has 14 heavy (non-hydrogen) atoms. The highest BCUT2D eigenvalue weighted by Gasteiger charge is 2.20. The summed E-state index contributed by atoms with van der Waals surface area (Å²) in [5.74, 6) is -2.61. The molecule has 1 amide bonds. The summed E-state index contributed by atoms with van der Waals surface area (Å²) in [6.45, 7) is 0. The van der Waals surface area contributed by atoms with E-state index in [9.17, 15) is 13.6 Å². The fourth-order valence-electron chi connectivity index (χ4n) is 0.950. The van der Waals surface area contributed by atoms with E-state index in [2.05, 4.69) is 5.32 Å². The van der Waals surface area contributed by atoms with Gasteiger partial charge in [-0.25, -0.2) is 8.78 Å². The molecule has 74 valence electrons. The Morgan fingerprint density at radius 1 is 1.36 bits per heavy atom. The van der Waals surface area contributed by atoms with E-state index in [0.29, 0.717) is 0 Å². The zero-order valence-corrected chi connectivity index (χ0v) is 6.87. The Balaban J connectivity index is 3.20. The maximum Gasteiger partial charge on any atom is 0.491 e. The minimum Gasteiger partial charge on any atom is -0.423 e. The Morgan fingerprint density at radius 3 is 2.50 bits per heavy atom. The van der Waals surface area contributed by atoms with Crippen molar-refractivity contribution in [1.82, 2.24) is 0 Å². The van der Waals surface area contributed by atoms with Gasteiger partial charge in [0, 0.05) is 17.2 Å². The van der Waals surface area contributed by atoms with Crippen molar-refractivity contribution in [3.05, 3.63) is 23.8 Å². The van der Waals surface area contributed by atoms with E-state index in [1.54, 1.807) is 0 Å². The maximum absolute atomic E-state index is 12.9. The molecule has 0 bridgehead atoms. The summed E-state index contributed by atoms with van der Waals surface area (Å²) in [4.78, 5) is 10.00. The average molecular weight is 201 g/mol. The second-order valence-corrected chi connectivity index (χ2v) is 2.50. The lowest BCUT2D eigenvalue weighted by Crippen LogP contribution is -2.33. The van der Waals surface area contributed by atoms with Gasteiger partial charge in [0.2, 0.25) is 6.41 Å². The van der Waals surface area contributed by atoms with Crippen LogP contribution in [0.1, 0.15) is 0 Å². The SMILES string of the molecule is O=CNc1cc(F)c(F)c(B(O)O)c1. The van der Waals surface area contributed by atoms with Crippen LogP contribution in [0.25, 0.3) is 0 Å². The van der Waals surface area contributed by atoms with Gasteiger partial charge >= 0.3 is 7.12 Å². The molecule has 0 saturated carbocycles. The van der Waals surface area contributed by atoms with E-state index in [1.807, 2.05) is 0 Å². The van der Waals surface area contributed by atoms with Gasteiger partial charge in [0.05, 0.1) is 0 Å². The monoisotopic (exact) mass is 201 g/mol. The lowest BCUT2D eigenvalue weighted by Gasteiger charge is -2.05. The molecule has 0 radical (unpaired) electrons. The molecule has 0 aliphatic carbocycles. The number of carbonyl (C=O) groups excluding carboxylic acids is 1. The second kappa shape index (κ2) is 4.16. The van der Waals surface area contributed by atoms with Crippen LogP contribution in [-0.4, -0.2) is 23.6 Å². The van der Waals surface area contributed by atoms with Crippen molar-refractivity contribution in [3.63, 3.8) is 0 Å². The number of hydrogen-bond donors (Lipinski definition) is 3. The minimum absolute atomic E-state index is 0.0537. The predicted molar refractivity (Wildman–Crippen MR) is 45.9 cm³/mol. The number of rotatable bonds is 3. The lowest BCUT2D eigenvalue weighted by atomic mass is 9.79. The van der Waals surface area contributed by atoms with Gasteiger partial charge in [-0.05, 0) is 6.07 Å². The largest absolute Gasteiger partial charge is 0.491 e. The highest BCUT2D eigenvalue weighted by Crippen LogP contribution is 2.11. The molecule has 0 aliphatic heterocycles. The third-order valence-electron chi connectivity index (χ3n) is 1.56. The van der Waals surface area contributed by atoms with Crippen LogP contribution in [0.15, 0.2) is 12.1 Å². The van der Waals surface area contributed by atoms with Crippen molar-refractivity contribution in [2.45, 2.75) is 0 Å². The number of benzene rings is 1. The molecular weight excluding hydrogens is 195 g/mol. The second-order valence-electron chi connectivity index (χ2n) is 2.50. The zero-order valence-electron chi connectivity index (χ0n) is 6.87. The minimum atomic E-state index is -2.13. The number of carbonyl (C=O) groups is 1. The van der Waals surface area contributed by atoms with Gasteiger partial charge in [-0.1, -0.05) is 0 Å². The Hall–Kier alpha value is -1.47. The van der Waals surface area contributed by atoms with Gasteiger partial charge < -0.3 is 15.4 Å². The van der Waals surface area contributed by atoms with Gasteiger partial charge in [0.15, 0.2) is 11.6 Å². The molecular formula is C7H6BF2NO3. The normalized spacial score (nSPS) is 9.71. The van der Waals surface area contributed by atoms with Gasteiger partial charge in [0.1, 0.15) is 0 Å². The summed E-state index contributed by atoms with van der Waals surface area (Å²) in [6.07, 6.45) is 0.264. The molecule has 1 rings (SSSR count). The molecule has 0 spiro atoms. The number of nitrogens with one attached hydrogen (secondary N) is 1. The summed E-state index contributed by atoms with van der Waals surface area (Å²) in [5.41, 5.74) is -0.684.